The SMILES string of the molecule is Nc1c(-c2ccccn2)nsc1C(=O)NCc1cccc(Br)c1. The van der Waals surface area contributed by atoms with Gasteiger partial charge in [0.15, 0.2) is 0 Å². The van der Waals surface area contributed by atoms with E-state index in [9.17, 15) is 4.79 Å². The largest absolute Gasteiger partial charge is 0.396 e. The molecular formula is C16H13BrN4OS. The summed E-state index contributed by atoms with van der Waals surface area (Å²) in [5.74, 6) is -0.234. The highest BCUT2D eigenvalue weighted by molar-refractivity contribution is 9.10. The van der Waals surface area contributed by atoms with Crippen LogP contribution in [0.4, 0.5) is 5.69 Å². The molecular weight excluding hydrogens is 376 g/mol. The van der Waals surface area contributed by atoms with E-state index in [2.05, 4.69) is 30.6 Å². The first-order valence-corrected chi connectivity index (χ1v) is 8.41. The fourth-order valence-corrected chi connectivity index (χ4v) is 3.23. The molecule has 0 fully saturated rings. The molecule has 0 unspecified atom stereocenters. The highest BCUT2D eigenvalue weighted by atomic mass is 79.9. The van der Waals surface area contributed by atoms with Crippen molar-refractivity contribution in [3.05, 3.63) is 63.6 Å². The summed E-state index contributed by atoms with van der Waals surface area (Å²) in [5.41, 5.74) is 8.64. The summed E-state index contributed by atoms with van der Waals surface area (Å²) in [7, 11) is 0. The molecule has 5 nitrogen and oxygen atoms in total. The van der Waals surface area contributed by atoms with Gasteiger partial charge in [-0.15, -0.1) is 0 Å². The smallest absolute Gasteiger partial charge is 0.265 e. The van der Waals surface area contributed by atoms with E-state index in [0.717, 1.165) is 21.6 Å². The summed E-state index contributed by atoms with van der Waals surface area (Å²) in [5, 5.41) is 2.86. The second-order valence-corrected chi connectivity index (χ2v) is 6.49. The average molecular weight is 389 g/mol. The van der Waals surface area contributed by atoms with Gasteiger partial charge in [0, 0.05) is 17.2 Å². The molecule has 3 aromatic rings. The molecule has 0 saturated heterocycles. The lowest BCUT2D eigenvalue weighted by atomic mass is 10.2. The van der Waals surface area contributed by atoms with Crippen LogP contribution >= 0.6 is 27.5 Å². The van der Waals surface area contributed by atoms with Crippen molar-refractivity contribution in [2.45, 2.75) is 6.54 Å². The van der Waals surface area contributed by atoms with Crippen LogP contribution < -0.4 is 11.1 Å². The third kappa shape index (κ3) is 3.57. The molecule has 1 aromatic carbocycles. The Morgan fingerprint density at radius 1 is 1.26 bits per heavy atom. The lowest BCUT2D eigenvalue weighted by Crippen LogP contribution is -2.22. The summed E-state index contributed by atoms with van der Waals surface area (Å²) in [6.45, 7) is 0.425. The van der Waals surface area contributed by atoms with E-state index in [0.29, 0.717) is 28.5 Å². The van der Waals surface area contributed by atoms with E-state index in [1.54, 1.807) is 6.20 Å². The van der Waals surface area contributed by atoms with E-state index in [-0.39, 0.29) is 5.91 Å². The van der Waals surface area contributed by atoms with Crippen LogP contribution in [-0.4, -0.2) is 15.3 Å². The van der Waals surface area contributed by atoms with Crippen LogP contribution in [0.1, 0.15) is 15.2 Å². The van der Waals surface area contributed by atoms with Crippen LogP contribution in [0.25, 0.3) is 11.4 Å². The van der Waals surface area contributed by atoms with Crippen molar-refractivity contribution in [1.29, 1.82) is 0 Å². The van der Waals surface area contributed by atoms with Crippen LogP contribution in [0.15, 0.2) is 53.1 Å². The minimum atomic E-state index is -0.234. The van der Waals surface area contributed by atoms with Crippen molar-refractivity contribution in [3.8, 4) is 11.4 Å². The lowest BCUT2D eigenvalue weighted by Gasteiger charge is -2.05. The topological polar surface area (TPSA) is 80.9 Å². The van der Waals surface area contributed by atoms with Gasteiger partial charge in [0.05, 0.1) is 11.4 Å². The van der Waals surface area contributed by atoms with Gasteiger partial charge in [-0.2, -0.15) is 4.37 Å². The summed E-state index contributed by atoms with van der Waals surface area (Å²) >= 11 is 4.49. The number of amides is 1. The molecule has 0 bridgehead atoms. The Morgan fingerprint density at radius 2 is 2.13 bits per heavy atom. The van der Waals surface area contributed by atoms with E-state index in [4.69, 9.17) is 5.73 Å². The normalized spacial score (nSPS) is 10.5. The second-order valence-electron chi connectivity index (χ2n) is 4.80. The number of nitrogen functional groups attached to an aromatic ring is 1. The fourth-order valence-electron chi connectivity index (χ4n) is 2.06. The second kappa shape index (κ2) is 6.89. The number of anilines is 1. The van der Waals surface area contributed by atoms with Gasteiger partial charge >= 0.3 is 0 Å². The zero-order valence-corrected chi connectivity index (χ0v) is 14.4. The van der Waals surface area contributed by atoms with E-state index >= 15 is 0 Å². The minimum Gasteiger partial charge on any atom is -0.396 e. The summed E-state index contributed by atoms with van der Waals surface area (Å²) < 4.78 is 5.23. The molecule has 0 radical (unpaired) electrons. The number of aromatic nitrogens is 2. The van der Waals surface area contributed by atoms with Crippen molar-refractivity contribution in [2.75, 3.05) is 5.73 Å². The predicted molar refractivity (Wildman–Crippen MR) is 95.1 cm³/mol. The number of halogens is 1. The van der Waals surface area contributed by atoms with Gasteiger partial charge in [0.25, 0.3) is 5.91 Å². The number of carbonyl (C=O) groups excluding carboxylic acids is 1. The molecule has 0 aliphatic carbocycles. The number of benzene rings is 1. The first-order valence-electron chi connectivity index (χ1n) is 6.84. The molecule has 0 spiro atoms. The molecule has 23 heavy (non-hydrogen) atoms. The zero-order valence-electron chi connectivity index (χ0n) is 12.0. The number of hydrogen-bond donors (Lipinski definition) is 2. The van der Waals surface area contributed by atoms with Crippen molar-refractivity contribution < 1.29 is 4.79 Å². The maximum Gasteiger partial charge on any atom is 0.265 e. The minimum absolute atomic E-state index is 0.234. The van der Waals surface area contributed by atoms with Crippen molar-refractivity contribution in [2.24, 2.45) is 0 Å². The molecule has 0 aliphatic rings. The van der Waals surface area contributed by atoms with Gasteiger partial charge in [-0.25, -0.2) is 0 Å². The van der Waals surface area contributed by atoms with E-state index < -0.39 is 0 Å². The lowest BCUT2D eigenvalue weighted by molar-refractivity contribution is 0.0956. The van der Waals surface area contributed by atoms with Crippen molar-refractivity contribution in [1.82, 2.24) is 14.7 Å². The third-order valence-corrected chi connectivity index (χ3v) is 4.54. The Labute approximate surface area is 145 Å². The third-order valence-electron chi connectivity index (χ3n) is 3.18. The summed E-state index contributed by atoms with van der Waals surface area (Å²) in [6.07, 6.45) is 1.67. The Morgan fingerprint density at radius 3 is 2.87 bits per heavy atom. The van der Waals surface area contributed by atoms with Crippen LogP contribution in [0, 0.1) is 0 Å². The Kier molecular flexibility index (Phi) is 4.68. The standard InChI is InChI=1S/C16H13BrN4OS/c17-11-5-3-4-10(8-11)9-20-16(22)15-13(18)14(21-23-15)12-6-1-2-7-19-12/h1-8H,9,18H2,(H,20,22). The van der Waals surface area contributed by atoms with Crippen LogP contribution in [-0.2, 0) is 6.54 Å². The maximum absolute atomic E-state index is 12.3. The number of carbonyl (C=O) groups is 1. The van der Waals surface area contributed by atoms with Gasteiger partial charge in [-0.1, -0.05) is 34.1 Å². The first-order chi connectivity index (χ1) is 11.1. The number of nitrogens with zero attached hydrogens (tertiary/aromatic N) is 2. The average Bonchev–Trinajstić information content (AvgIpc) is 2.95. The first kappa shape index (κ1) is 15.6. The van der Waals surface area contributed by atoms with Crippen molar-refractivity contribution in [3.63, 3.8) is 0 Å². The summed E-state index contributed by atoms with van der Waals surface area (Å²) in [6, 6.07) is 13.2. The van der Waals surface area contributed by atoms with E-state index in [1.807, 2.05) is 42.5 Å². The van der Waals surface area contributed by atoms with Crippen LogP contribution in [0.5, 0.6) is 0 Å². The number of nitrogens with one attached hydrogen (secondary N) is 1. The van der Waals surface area contributed by atoms with Crippen LogP contribution in [0.3, 0.4) is 0 Å². The Hall–Kier alpha value is -2.25. The number of hydrogen-bond acceptors (Lipinski definition) is 5. The van der Waals surface area contributed by atoms with Gasteiger partial charge in [-0.05, 0) is 41.4 Å². The maximum atomic E-state index is 12.3. The monoisotopic (exact) mass is 388 g/mol. The van der Waals surface area contributed by atoms with Crippen LogP contribution in [0.2, 0.25) is 0 Å². The van der Waals surface area contributed by atoms with Crippen molar-refractivity contribution >= 4 is 39.1 Å². The molecule has 2 aromatic heterocycles. The molecule has 3 rings (SSSR count). The fraction of sp³-hybridized carbons (Fsp3) is 0.0625. The van der Waals surface area contributed by atoms with Gasteiger partial charge < -0.3 is 11.1 Å². The highest BCUT2D eigenvalue weighted by Crippen LogP contribution is 2.29. The number of nitrogens with two attached hydrogens (primary N) is 1. The van der Waals surface area contributed by atoms with Gasteiger partial charge in [0.1, 0.15) is 10.6 Å². The molecule has 0 aliphatic heterocycles. The van der Waals surface area contributed by atoms with Gasteiger partial charge in [0.2, 0.25) is 0 Å². The predicted octanol–water partition coefficient (Wildman–Crippen LogP) is 3.48. The van der Waals surface area contributed by atoms with Gasteiger partial charge in [-0.3, -0.25) is 9.78 Å². The molecule has 2 heterocycles. The number of pyridine rings is 1. The highest BCUT2D eigenvalue weighted by Gasteiger charge is 2.18. The number of rotatable bonds is 4. The van der Waals surface area contributed by atoms with E-state index in [1.165, 1.54) is 0 Å². The molecule has 1 amide bonds. The Bertz CT molecular complexity index is 835. The zero-order chi connectivity index (χ0) is 16.2. The molecule has 3 N–H and O–H groups in total. The summed E-state index contributed by atoms with van der Waals surface area (Å²) in [4.78, 5) is 16.9. The molecule has 0 atom stereocenters. The molecule has 7 heteroatoms. The molecule has 0 saturated carbocycles. The Balaban J connectivity index is 1.75. The quantitative estimate of drug-likeness (QED) is 0.716. The molecule has 116 valence electrons.